The van der Waals surface area contributed by atoms with Crippen LogP contribution < -0.4 is 4.74 Å². The predicted octanol–water partition coefficient (Wildman–Crippen LogP) is 5.04. The maximum absolute atomic E-state index is 12.0. The topological polar surface area (TPSA) is 57.9 Å². The third-order valence-electron chi connectivity index (χ3n) is 4.42. The minimum absolute atomic E-state index is 0.328. The van der Waals surface area contributed by atoms with Crippen molar-refractivity contribution in [3.63, 3.8) is 0 Å². The number of carbonyl (C=O) groups excluding carboxylic acids is 1. The van der Waals surface area contributed by atoms with Gasteiger partial charge in [-0.3, -0.25) is 0 Å². The minimum atomic E-state index is -0.585. The molecule has 0 bridgehead atoms. The second kappa shape index (κ2) is 10.5. The Kier molecular flexibility index (Phi) is 7.47. The summed E-state index contributed by atoms with van der Waals surface area (Å²) in [7, 11) is 0. The fourth-order valence-electron chi connectivity index (χ4n) is 3.03. The Bertz CT molecular complexity index is 939. The van der Waals surface area contributed by atoms with E-state index in [1.807, 2.05) is 67.6 Å². The lowest BCUT2D eigenvalue weighted by molar-refractivity contribution is -0.156. The average molecular weight is 394 g/mol. The van der Waals surface area contributed by atoms with Crippen molar-refractivity contribution < 1.29 is 23.4 Å². The predicted molar refractivity (Wildman–Crippen MR) is 113 cm³/mol. The molecule has 5 heteroatoms. The first-order valence-corrected chi connectivity index (χ1v) is 9.84. The number of fused-ring (bicyclic) bond motifs is 1. The van der Waals surface area contributed by atoms with Crippen molar-refractivity contribution in [2.45, 2.75) is 26.4 Å². The van der Waals surface area contributed by atoms with Gasteiger partial charge in [0.05, 0.1) is 12.9 Å². The molecule has 0 aliphatic carbocycles. The van der Waals surface area contributed by atoms with Gasteiger partial charge in [-0.05, 0) is 43.7 Å². The van der Waals surface area contributed by atoms with Gasteiger partial charge < -0.3 is 18.6 Å². The molecule has 0 amide bonds. The summed E-state index contributed by atoms with van der Waals surface area (Å²) in [6, 6.07) is 15.7. The summed E-state index contributed by atoms with van der Waals surface area (Å²) < 4.78 is 21.9. The Hall–Kier alpha value is -3.05. The van der Waals surface area contributed by atoms with Crippen LogP contribution in [0.5, 0.6) is 5.75 Å². The van der Waals surface area contributed by atoms with E-state index >= 15 is 0 Å². The average Bonchev–Trinajstić information content (AvgIpc) is 3.15. The Balaban J connectivity index is 1.53. The summed E-state index contributed by atoms with van der Waals surface area (Å²) in [6.45, 7) is 4.88. The van der Waals surface area contributed by atoms with Crippen LogP contribution in [-0.2, 0) is 20.7 Å². The van der Waals surface area contributed by atoms with Crippen molar-refractivity contribution in [2.24, 2.45) is 0 Å². The first-order chi connectivity index (χ1) is 14.2. The van der Waals surface area contributed by atoms with Crippen molar-refractivity contribution >= 4 is 22.8 Å². The quantitative estimate of drug-likeness (QED) is 0.451. The van der Waals surface area contributed by atoms with Crippen molar-refractivity contribution in [1.82, 2.24) is 0 Å². The van der Waals surface area contributed by atoms with E-state index in [2.05, 4.69) is 0 Å². The first-order valence-electron chi connectivity index (χ1n) is 9.84. The summed E-state index contributed by atoms with van der Waals surface area (Å²) in [6.07, 6.45) is 5.48. The maximum atomic E-state index is 12.0. The van der Waals surface area contributed by atoms with Crippen LogP contribution in [0.25, 0.3) is 16.8 Å². The molecule has 0 aliphatic rings. The number of esters is 1. The minimum Gasteiger partial charge on any atom is -0.490 e. The lowest BCUT2D eigenvalue weighted by Gasteiger charge is -2.15. The molecule has 0 spiro atoms. The van der Waals surface area contributed by atoms with E-state index in [1.54, 1.807) is 13.2 Å². The van der Waals surface area contributed by atoms with Crippen LogP contribution in [-0.4, -0.2) is 31.9 Å². The molecule has 5 nitrogen and oxygen atoms in total. The molecule has 0 saturated carbocycles. The van der Waals surface area contributed by atoms with E-state index in [9.17, 15) is 4.79 Å². The van der Waals surface area contributed by atoms with Crippen molar-refractivity contribution in [3.05, 3.63) is 72.2 Å². The molecule has 0 fully saturated rings. The van der Waals surface area contributed by atoms with Gasteiger partial charge in [0.1, 0.15) is 18.1 Å². The van der Waals surface area contributed by atoms with Crippen LogP contribution in [0.2, 0.25) is 0 Å². The molecular formula is C24H26O5. The standard InChI is InChI=1S/C24H26O5/c1-3-26-23(24(25)27-4-2)16-18-11-13-20(14-12-18)28-15-7-10-22-21-9-6-5-8-19(21)17-29-22/h5-14,17,23H,3-4,15-16H2,1-2H3/t23-/m0/s1. The smallest absolute Gasteiger partial charge is 0.335 e. The highest BCUT2D eigenvalue weighted by molar-refractivity contribution is 5.88. The number of benzene rings is 2. The summed E-state index contributed by atoms with van der Waals surface area (Å²) in [5.74, 6) is 1.25. The molecule has 0 unspecified atom stereocenters. The molecular weight excluding hydrogens is 368 g/mol. The largest absolute Gasteiger partial charge is 0.490 e. The molecule has 29 heavy (non-hydrogen) atoms. The first kappa shape index (κ1) is 20.7. The van der Waals surface area contributed by atoms with Gasteiger partial charge in [-0.1, -0.05) is 36.4 Å². The summed E-state index contributed by atoms with van der Waals surface area (Å²) in [5.41, 5.74) is 0.987. The van der Waals surface area contributed by atoms with Gasteiger partial charge >= 0.3 is 5.97 Å². The van der Waals surface area contributed by atoms with Crippen LogP contribution in [0.3, 0.4) is 0 Å². The lowest BCUT2D eigenvalue weighted by atomic mass is 10.1. The van der Waals surface area contributed by atoms with Crippen LogP contribution in [0.15, 0.2) is 65.3 Å². The van der Waals surface area contributed by atoms with Crippen LogP contribution in [0.4, 0.5) is 0 Å². The van der Waals surface area contributed by atoms with Gasteiger partial charge in [-0.15, -0.1) is 0 Å². The Morgan fingerprint density at radius 2 is 1.86 bits per heavy atom. The second-order valence-corrected chi connectivity index (χ2v) is 6.44. The highest BCUT2D eigenvalue weighted by Gasteiger charge is 2.20. The Labute approximate surface area is 170 Å². The van der Waals surface area contributed by atoms with E-state index in [0.717, 1.165) is 27.8 Å². The fraction of sp³-hybridized carbons (Fsp3) is 0.292. The van der Waals surface area contributed by atoms with Gasteiger partial charge in [0.25, 0.3) is 0 Å². The Morgan fingerprint density at radius 1 is 1.07 bits per heavy atom. The van der Waals surface area contributed by atoms with Crippen molar-refractivity contribution in [1.29, 1.82) is 0 Å². The number of hydrogen-bond acceptors (Lipinski definition) is 5. The van der Waals surface area contributed by atoms with Gasteiger partial charge in [-0.25, -0.2) is 4.79 Å². The molecule has 0 aliphatic heterocycles. The van der Waals surface area contributed by atoms with Crippen LogP contribution >= 0.6 is 0 Å². The van der Waals surface area contributed by atoms with Gasteiger partial charge in [0, 0.05) is 23.8 Å². The molecule has 3 rings (SSSR count). The van der Waals surface area contributed by atoms with E-state index in [0.29, 0.717) is 26.2 Å². The molecule has 1 atom stereocenters. The van der Waals surface area contributed by atoms with E-state index in [1.165, 1.54) is 0 Å². The highest BCUT2D eigenvalue weighted by atomic mass is 16.6. The highest BCUT2D eigenvalue weighted by Crippen LogP contribution is 2.22. The lowest BCUT2D eigenvalue weighted by Crippen LogP contribution is -2.28. The SMILES string of the molecule is CCOC(=O)[C@H](Cc1ccc(OCC=Cc2occ3ccccc23)cc1)OCC. The third-order valence-corrected chi connectivity index (χ3v) is 4.42. The van der Waals surface area contributed by atoms with Crippen LogP contribution in [0, 0.1) is 0 Å². The van der Waals surface area contributed by atoms with Gasteiger partial charge in [0.2, 0.25) is 0 Å². The third kappa shape index (κ3) is 5.72. The molecule has 0 N–H and O–H groups in total. The number of hydrogen-bond donors (Lipinski definition) is 0. The normalized spacial score (nSPS) is 12.3. The molecule has 0 radical (unpaired) electrons. The maximum Gasteiger partial charge on any atom is 0.335 e. The number of ether oxygens (including phenoxy) is 3. The van der Waals surface area contributed by atoms with Crippen molar-refractivity contribution in [2.75, 3.05) is 19.8 Å². The fourth-order valence-corrected chi connectivity index (χ4v) is 3.03. The van der Waals surface area contributed by atoms with Crippen molar-refractivity contribution in [3.8, 4) is 5.75 Å². The number of furan rings is 1. The van der Waals surface area contributed by atoms with Crippen LogP contribution in [0.1, 0.15) is 25.2 Å². The summed E-state index contributed by atoms with van der Waals surface area (Å²) in [4.78, 5) is 12.0. The molecule has 2 aromatic carbocycles. The summed E-state index contributed by atoms with van der Waals surface area (Å²) >= 11 is 0. The zero-order valence-corrected chi connectivity index (χ0v) is 16.8. The Morgan fingerprint density at radius 3 is 2.62 bits per heavy atom. The monoisotopic (exact) mass is 394 g/mol. The second-order valence-electron chi connectivity index (χ2n) is 6.44. The van der Waals surface area contributed by atoms with Gasteiger partial charge in [-0.2, -0.15) is 0 Å². The van der Waals surface area contributed by atoms with E-state index in [-0.39, 0.29) is 5.97 Å². The van der Waals surface area contributed by atoms with E-state index < -0.39 is 6.10 Å². The van der Waals surface area contributed by atoms with Gasteiger partial charge in [0.15, 0.2) is 6.10 Å². The molecule has 1 heterocycles. The zero-order valence-electron chi connectivity index (χ0n) is 16.8. The number of rotatable bonds is 10. The molecule has 1 aromatic heterocycles. The van der Waals surface area contributed by atoms with E-state index in [4.69, 9.17) is 18.6 Å². The molecule has 3 aromatic rings. The summed E-state index contributed by atoms with van der Waals surface area (Å²) in [5, 5.41) is 2.16. The zero-order chi connectivity index (χ0) is 20.5. The molecule has 152 valence electrons. The molecule has 0 saturated heterocycles. The number of carbonyl (C=O) groups is 1.